The third-order valence-corrected chi connectivity index (χ3v) is 3.23. The van der Waals surface area contributed by atoms with Gasteiger partial charge in [0, 0.05) is 25.5 Å². The number of hydrogen-bond acceptors (Lipinski definition) is 2. The highest BCUT2D eigenvalue weighted by molar-refractivity contribution is 5.17. The average molecular weight is 207 g/mol. The number of hydrogen-bond donors (Lipinski definition) is 1. The van der Waals surface area contributed by atoms with Crippen LogP contribution in [0, 0.1) is 0 Å². The quantitative estimate of drug-likeness (QED) is 0.815. The zero-order chi connectivity index (χ0) is 10.8. The minimum atomic E-state index is 0.200. The molecule has 0 spiro atoms. The highest BCUT2D eigenvalue weighted by atomic mass is 15.2. The van der Waals surface area contributed by atoms with Gasteiger partial charge < -0.3 is 10.3 Å². The van der Waals surface area contributed by atoms with Crippen LogP contribution >= 0.6 is 0 Å². The topological polar surface area (TPSA) is 34.2 Å². The molecule has 1 aromatic heterocycles. The highest BCUT2D eigenvalue weighted by Crippen LogP contribution is 2.27. The van der Waals surface area contributed by atoms with E-state index in [1.807, 2.05) is 0 Å². The maximum Gasteiger partial charge on any atom is 0.0511 e. The third kappa shape index (κ3) is 2.24. The SMILES string of the molecule is CC(N)C(c1ccn(C)c1)N1CCCC1. The van der Waals surface area contributed by atoms with Crippen LogP contribution in [0.25, 0.3) is 0 Å². The van der Waals surface area contributed by atoms with Crippen molar-refractivity contribution in [2.24, 2.45) is 12.8 Å². The van der Waals surface area contributed by atoms with Crippen molar-refractivity contribution in [3.63, 3.8) is 0 Å². The Morgan fingerprint density at radius 3 is 2.47 bits per heavy atom. The summed E-state index contributed by atoms with van der Waals surface area (Å²) in [7, 11) is 2.06. The van der Waals surface area contributed by atoms with Crippen LogP contribution < -0.4 is 5.73 Å². The minimum Gasteiger partial charge on any atom is -0.357 e. The van der Waals surface area contributed by atoms with E-state index in [9.17, 15) is 0 Å². The summed E-state index contributed by atoms with van der Waals surface area (Å²) in [4.78, 5) is 2.51. The van der Waals surface area contributed by atoms with Gasteiger partial charge in [0.05, 0.1) is 6.04 Å². The summed E-state index contributed by atoms with van der Waals surface area (Å²) < 4.78 is 2.10. The smallest absolute Gasteiger partial charge is 0.0511 e. The first kappa shape index (κ1) is 10.7. The molecule has 1 aromatic rings. The average Bonchev–Trinajstić information content (AvgIpc) is 2.77. The molecule has 84 valence electrons. The number of aromatic nitrogens is 1. The van der Waals surface area contributed by atoms with Gasteiger partial charge in [0.15, 0.2) is 0 Å². The lowest BCUT2D eigenvalue weighted by molar-refractivity contribution is 0.219. The highest BCUT2D eigenvalue weighted by Gasteiger charge is 2.26. The van der Waals surface area contributed by atoms with Crippen LogP contribution in [0.3, 0.4) is 0 Å². The van der Waals surface area contributed by atoms with Gasteiger partial charge in [0.25, 0.3) is 0 Å². The molecule has 0 aromatic carbocycles. The molecule has 1 fully saturated rings. The van der Waals surface area contributed by atoms with E-state index in [0.717, 1.165) is 0 Å². The van der Waals surface area contributed by atoms with Crippen LogP contribution in [-0.4, -0.2) is 28.6 Å². The molecule has 0 bridgehead atoms. The van der Waals surface area contributed by atoms with Gasteiger partial charge in [-0.3, -0.25) is 4.90 Å². The molecule has 0 saturated carbocycles. The first-order valence-electron chi connectivity index (χ1n) is 5.80. The summed E-state index contributed by atoms with van der Waals surface area (Å²) in [5, 5.41) is 0. The second-order valence-electron chi connectivity index (χ2n) is 4.66. The lowest BCUT2D eigenvalue weighted by atomic mass is 10.0. The van der Waals surface area contributed by atoms with Gasteiger partial charge in [-0.15, -0.1) is 0 Å². The van der Waals surface area contributed by atoms with E-state index in [2.05, 4.69) is 41.9 Å². The Labute approximate surface area is 91.9 Å². The molecule has 3 heteroatoms. The van der Waals surface area contributed by atoms with Gasteiger partial charge in [-0.2, -0.15) is 0 Å². The van der Waals surface area contributed by atoms with Gasteiger partial charge in [-0.25, -0.2) is 0 Å². The Bertz CT molecular complexity index is 310. The van der Waals surface area contributed by atoms with Gasteiger partial charge in [0.1, 0.15) is 0 Å². The number of rotatable bonds is 3. The van der Waals surface area contributed by atoms with E-state index in [4.69, 9.17) is 5.73 Å². The predicted octanol–water partition coefficient (Wildman–Crippen LogP) is 1.51. The second kappa shape index (κ2) is 4.37. The molecule has 2 N–H and O–H groups in total. The fourth-order valence-electron chi connectivity index (χ4n) is 2.57. The van der Waals surface area contributed by atoms with Crippen LogP contribution in [-0.2, 0) is 7.05 Å². The monoisotopic (exact) mass is 207 g/mol. The molecule has 1 aliphatic rings. The Hall–Kier alpha value is -0.800. The Morgan fingerprint density at radius 1 is 1.33 bits per heavy atom. The van der Waals surface area contributed by atoms with Crippen molar-refractivity contribution in [1.82, 2.24) is 9.47 Å². The normalized spacial score (nSPS) is 21.8. The molecule has 2 atom stereocenters. The fraction of sp³-hybridized carbons (Fsp3) is 0.667. The van der Waals surface area contributed by atoms with Crippen LogP contribution in [0.15, 0.2) is 18.5 Å². The van der Waals surface area contributed by atoms with E-state index in [1.165, 1.54) is 31.5 Å². The molecular weight excluding hydrogens is 186 g/mol. The third-order valence-electron chi connectivity index (χ3n) is 3.23. The fourth-order valence-corrected chi connectivity index (χ4v) is 2.57. The van der Waals surface area contributed by atoms with Gasteiger partial charge in [0.2, 0.25) is 0 Å². The zero-order valence-corrected chi connectivity index (χ0v) is 9.69. The minimum absolute atomic E-state index is 0.200. The molecule has 2 rings (SSSR count). The summed E-state index contributed by atoms with van der Waals surface area (Å²) in [6.45, 7) is 4.50. The van der Waals surface area contributed by atoms with E-state index in [-0.39, 0.29) is 6.04 Å². The van der Waals surface area contributed by atoms with Crippen LogP contribution in [0.2, 0.25) is 0 Å². The summed E-state index contributed by atoms with van der Waals surface area (Å²) in [6, 6.07) is 2.78. The number of aryl methyl sites for hydroxylation is 1. The van der Waals surface area contributed by atoms with E-state index < -0.39 is 0 Å². The first-order chi connectivity index (χ1) is 7.18. The molecule has 0 aliphatic carbocycles. The molecular formula is C12H21N3. The van der Waals surface area contributed by atoms with E-state index in [1.54, 1.807) is 0 Å². The van der Waals surface area contributed by atoms with Crippen molar-refractivity contribution < 1.29 is 0 Å². The van der Waals surface area contributed by atoms with Crippen LogP contribution in [0.4, 0.5) is 0 Å². The maximum absolute atomic E-state index is 6.11. The summed E-state index contributed by atoms with van der Waals surface area (Å²) >= 11 is 0. The molecule has 2 heterocycles. The van der Waals surface area contributed by atoms with Crippen molar-refractivity contribution in [3.8, 4) is 0 Å². The van der Waals surface area contributed by atoms with E-state index in [0.29, 0.717) is 6.04 Å². The predicted molar refractivity (Wildman–Crippen MR) is 62.6 cm³/mol. The molecule has 2 unspecified atom stereocenters. The van der Waals surface area contributed by atoms with Gasteiger partial charge in [-0.05, 0) is 44.5 Å². The van der Waals surface area contributed by atoms with Crippen molar-refractivity contribution in [1.29, 1.82) is 0 Å². The maximum atomic E-state index is 6.11. The van der Waals surface area contributed by atoms with Crippen molar-refractivity contribution in [2.75, 3.05) is 13.1 Å². The summed E-state index contributed by atoms with van der Waals surface area (Å²) in [5.74, 6) is 0. The molecule has 0 amide bonds. The summed E-state index contributed by atoms with van der Waals surface area (Å²) in [6.07, 6.45) is 6.92. The molecule has 0 radical (unpaired) electrons. The molecule has 1 aliphatic heterocycles. The molecule has 3 nitrogen and oxygen atoms in total. The zero-order valence-electron chi connectivity index (χ0n) is 9.69. The Kier molecular flexibility index (Phi) is 3.12. The van der Waals surface area contributed by atoms with E-state index >= 15 is 0 Å². The number of likely N-dealkylation sites (tertiary alicyclic amines) is 1. The van der Waals surface area contributed by atoms with Crippen molar-refractivity contribution in [2.45, 2.75) is 31.8 Å². The van der Waals surface area contributed by atoms with Crippen LogP contribution in [0.1, 0.15) is 31.4 Å². The lowest BCUT2D eigenvalue weighted by Crippen LogP contribution is -2.37. The first-order valence-corrected chi connectivity index (χ1v) is 5.80. The Balaban J connectivity index is 2.18. The van der Waals surface area contributed by atoms with Gasteiger partial charge in [-0.1, -0.05) is 0 Å². The number of nitrogens with two attached hydrogens (primary N) is 1. The van der Waals surface area contributed by atoms with Crippen molar-refractivity contribution >= 4 is 0 Å². The standard InChI is InChI=1S/C12H21N3/c1-10(13)12(15-6-3-4-7-15)11-5-8-14(2)9-11/h5,8-10,12H,3-4,6-7,13H2,1-2H3. The number of nitrogens with zero attached hydrogens (tertiary/aromatic N) is 2. The Morgan fingerprint density at radius 2 is 2.00 bits per heavy atom. The molecule has 15 heavy (non-hydrogen) atoms. The second-order valence-corrected chi connectivity index (χ2v) is 4.66. The van der Waals surface area contributed by atoms with Crippen molar-refractivity contribution in [3.05, 3.63) is 24.0 Å². The van der Waals surface area contributed by atoms with Crippen LogP contribution in [0.5, 0.6) is 0 Å². The largest absolute Gasteiger partial charge is 0.357 e. The molecule has 1 saturated heterocycles. The lowest BCUT2D eigenvalue weighted by Gasteiger charge is -2.30. The summed E-state index contributed by atoms with van der Waals surface area (Å²) in [5.41, 5.74) is 7.46. The van der Waals surface area contributed by atoms with Gasteiger partial charge >= 0.3 is 0 Å².